The van der Waals surface area contributed by atoms with Crippen LogP contribution in [0.4, 0.5) is 0 Å². The number of methoxy groups -OCH3 is 1. The molecule has 0 N–H and O–H groups in total. The highest BCUT2D eigenvalue weighted by atomic mass is 35.5. The minimum Gasteiger partial charge on any atom is -1.00 e. The average Bonchev–Trinajstić information content (AvgIpc) is 2.84. The molecule has 31 heavy (non-hydrogen) atoms. The second-order valence-electron chi connectivity index (χ2n) is 7.16. The fourth-order valence-electron chi connectivity index (χ4n) is 3.91. The molecule has 0 saturated carbocycles. The molecule has 4 aromatic rings. The Bertz CT molecular complexity index is 1060. The highest BCUT2D eigenvalue weighted by molar-refractivity contribution is 7.95. The fraction of sp³-hybridized carbons (Fsp3) is 0.0741. The smallest absolute Gasteiger partial charge is 0.337 e. The summed E-state index contributed by atoms with van der Waals surface area (Å²) in [5, 5.41) is 3.90. The summed E-state index contributed by atoms with van der Waals surface area (Å²) in [5.74, 6) is -0.312. The molecule has 0 aliphatic rings. The molecule has 0 unspecified atom stereocenters. The first-order valence-corrected chi connectivity index (χ1v) is 11.9. The third kappa shape index (κ3) is 4.71. The van der Waals surface area contributed by atoms with Crippen molar-refractivity contribution in [2.75, 3.05) is 7.11 Å². The van der Waals surface area contributed by atoms with Crippen LogP contribution in [0.1, 0.15) is 15.9 Å². The molecule has 0 amide bonds. The lowest BCUT2D eigenvalue weighted by Crippen LogP contribution is -3.00. The van der Waals surface area contributed by atoms with E-state index >= 15 is 0 Å². The molecule has 0 aliphatic carbocycles. The lowest BCUT2D eigenvalue weighted by molar-refractivity contribution is -0.0000204. The largest absolute Gasteiger partial charge is 1.00 e. The number of ether oxygens (including phenoxy) is 1. The van der Waals surface area contributed by atoms with Gasteiger partial charge in [-0.15, -0.1) is 0 Å². The van der Waals surface area contributed by atoms with E-state index < -0.39 is 7.26 Å². The summed E-state index contributed by atoms with van der Waals surface area (Å²) in [5.41, 5.74) is 1.87. The molecule has 0 saturated heterocycles. The number of rotatable bonds is 6. The number of carbonyl (C=O) groups excluding carboxylic acids is 1. The molecule has 0 atom stereocenters. The fourth-order valence-corrected chi connectivity index (χ4v) is 8.13. The molecule has 0 fully saturated rings. The zero-order valence-corrected chi connectivity index (χ0v) is 19.0. The lowest BCUT2D eigenvalue weighted by atomic mass is 10.2. The molecule has 156 valence electrons. The molecular weight excluding hydrogens is 423 g/mol. The van der Waals surface area contributed by atoms with Crippen molar-refractivity contribution < 1.29 is 21.9 Å². The van der Waals surface area contributed by atoms with E-state index in [1.807, 2.05) is 12.1 Å². The molecule has 4 rings (SSSR count). The second kappa shape index (κ2) is 10.4. The van der Waals surface area contributed by atoms with Crippen LogP contribution in [0.25, 0.3) is 0 Å². The predicted molar refractivity (Wildman–Crippen MR) is 127 cm³/mol. The monoisotopic (exact) mass is 446 g/mol. The van der Waals surface area contributed by atoms with E-state index in [1.165, 1.54) is 28.6 Å². The van der Waals surface area contributed by atoms with E-state index in [-0.39, 0.29) is 18.4 Å². The Kier molecular flexibility index (Phi) is 7.63. The molecule has 0 bridgehead atoms. The molecular formula is C27H24ClO2P. The van der Waals surface area contributed by atoms with Gasteiger partial charge < -0.3 is 17.1 Å². The zero-order chi connectivity index (χ0) is 20.8. The van der Waals surface area contributed by atoms with E-state index in [0.717, 1.165) is 6.16 Å². The van der Waals surface area contributed by atoms with Gasteiger partial charge in [-0.3, -0.25) is 0 Å². The standard InChI is InChI=1S/C27H24O2P.ClH/c1-29-27(28)23-17-19-26(20-18-23)30(24-13-7-3-8-14-24,25-15-9-4-10-16-25)21-22-11-5-2-6-12-22;/h2-20H,21H2,1H3;1H/q+1;/p-1. The van der Waals surface area contributed by atoms with Gasteiger partial charge in [0.05, 0.1) is 18.8 Å². The van der Waals surface area contributed by atoms with Crippen LogP contribution < -0.4 is 28.3 Å². The molecule has 0 radical (unpaired) electrons. The van der Waals surface area contributed by atoms with Crippen LogP contribution in [0.3, 0.4) is 0 Å². The summed E-state index contributed by atoms with van der Waals surface area (Å²) in [4.78, 5) is 12.0. The van der Waals surface area contributed by atoms with Crippen molar-refractivity contribution in [3.05, 3.63) is 126 Å². The number of esters is 1. The van der Waals surface area contributed by atoms with Crippen molar-refractivity contribution in [3.63, 3.8) is 0 Å². The maximum Gasteiger partial charge on any atom is 0.337 e. The Labute approximate surface area is 190 Å². The predicted octanol–water partition coefficient (Wildman–Crippen LogP) is 1.97. The highest BCUT2D eigenvalue weighted by Crippen LogP contribution is 2.58. The van der Waals surface area contributed by atoms with Gasteiger partial charge in [0, 0.05) is 0 Å². The van der Waals surface area contributed by atoms with Crippen molar-refractivity contribution in [2.24, 2.45) is 0 Å². The summed E-state index contributed by atoms with van der Waals surface area (Å²) >= 11 is 0. The van der Waals surface area contributed by atoms with E-state index in [1.54, 1.807) is 0 Å². The second-order valence-corrected chi connectivity index (χ2v) is 10.6. The van der Waals surface area contributed by atoms with Gasteiger partial charge in [-0.1, -0.05) is 66.7 Å². The number of halogens is 1. The summed E-state index contributed by atoms with van der Waals surface area (Å²) < 4.78 is 4.90. The van der Waals surface area contributed by atoms with E-state index in [9.17, 15) is 4.79 Å². The van der Waals surface area contributed by atoms with Crippen LogP contribution in [-0.2, 0) is 10.9 Å². The molecule has 2 nitrogen and oxygen atoms in total. The Morgan fingerprint density at radius 1 is 0.645 bits per heavy atom. The molecule has 0 aromatic heterocycles. The average molecular weight is 447 g/mol. The summed E-state index contributed by atoms with van der Waals surface area (Å²) in [7, 11) is -0.572. The molecule has 0 spiro atoms. The number of hydrogen-bond acceptors (Lipinski definition) is 2. The van der Waals surface area contributed by atoms with Gasteiger partial charge in [0.25, 0.3) is 0 Å². The van der Waals surface area contributed by atoms with Crippen LogP contribution in [0.5, 0.6) is 0 Å². The van der Waals surface area contributed by atoms with Crippen LogP contribution >= 0.6 is 7.26 Å². The quantitative estimate of drug-likeness (QED) is 0.334. The van der Waals surface area contributed by atoms with Gasteiger partial charge >= 0.3 is 5.97 Å². The maximum atomic E-state index is 12.0. The molecule has 0 aliphatic heterocycles. The maximum absolute atomic E-state index is 12.0. The van der Waals surface area contributed by atoms with E-state index in [0.29, 0.717) is 5.56 Å². The van der Waals surface area contributed by atoms with Gasteiger partial charge in [-0.2, -0.15) is 0 Å². The highest BCUT2D eigenvalue weighted by Gasteiger charge is 2.45. The first-order chi connectivity index (χ1) is 14.7. The van der Waals surface area contributed by atoms with Gasteiger partial charge in [-0.25, -0.2) is 4.79 Å². The Morgan fingerprint density at radius 2 is 1.06 bits per heavy atom. The van der Waals surface area contributed by atoms with Crippen LogP contribution in [0.2, 0.25) is 0 Å². The third-order valence-electron chi connectivity index (χ3n) is 5.39. The van der Waals surface area contributed by atoms with Gasteiger partial charge in [0.15, 0.2) is 0 Å². The minimum absolute atomic E-state index is 0. The van der Waals surface area contributed by atoms with E-state index in [4.69, 9.17) is 4.74 Å². The number of carbonyl (C=O) groups is 1. The molecule has 0 heterocycles. The Balaban J connectivity index is 0.00000272. The van der Waals surface area contributed by atoms with Gasteiger partial charge in [0.2, 0.25) is 0 Å². The first kappa shape index (κ1) is 22.7. The minimum atomic E-state index is -1.99. The van der Waals surface area contributed by atoms with E-state index in [2.05, 4.69) is 103 Å². The van der Waals surface area contributed by atoms with Crippen molar-refractivity contribution in [2.45, 2.75) is 6.16 Å². The first-order valence-electron chi connectivity index (χ1n) is 9.96. The van der Waals surface area contributed by atoms with Crippen molar-refractivity contribution >= 4 is 29.1 Å². The van der Waals surface area contributed by atoms with Crippen molar-refractivity contribution in [1.82, 2.24) is 0 Å². The lowest BCUT2D eigenvalue weighted by Gasteiger charge is -2.28. The SMILES string of the molecule is COC(=O)c1ccc([P+](Cc2ccccc2)(c2ccccc2)c2ccccc2)cc1.[Cl-]. The van der Waals surface area contributed by atoms with Crippen LogP contribution in [0.15, 0.2) is 115 Å². The van der Waals surface area contributed by atoms with Gasteiger partial charge in [0.1, 0.15) is 23.2 Å². The summed E-state index contributed by atoms with van der Waals surface area (Å²) in [6, 6.07) is 40.1. The summed E-state index contributed by atoms with van der Waals surface area (Å²) in [6.45, 7) is 0. The third-order valence-corrected chi connectivity index (χ3v) is 9.76. The molecule has 4 aromatic carbocycles. The Hall–Kier alpha value is -2.93. The van der Waals surface area contributed by atoms with Crippen LogP contribution in [0, 0.1) is 0 Å². The normalized spacial score (nSPS) is 10.7. The number of benzene rings is 4. The van der Waals surface area contributed by atoms with Crippen molar-refractivity contribution in [3.8, 4) is 0 Å². The van der Waals surface area contributed by atoms with Crippen LogP contribution in [-0.4, -0.2) is 13.1 Å². The number of hydrogen-bond donors (Lipinski definition) is 0. The zero-order valence-electron chi connectivity index (χ0n) is 17.3. The molecule has 4 heteroatoms. The topological polar surface area (TPSA) is 26.3 Å². The van der Waals surface area contributed by atoms with Gasteiger partial charge in [-0.05, 0) is 54.1 Å². The summed E-state index contributed by atoms with van der Waals surface area (Å²) in [6.07, 6.45) is 0.916. The Morgan fingerprint density at radius 3 is 1.52 bits per heavy atom. The van der Waals surface area contributed by atoms with Crippen molar-refractivity contribution in [1.29, 1.82) is 0 Å².